The zero-order valence-electron chi connectivity index (χ0n) is 10.7. The topological polar surface area (TPSA) is 52.6 Å². The molecule has 4 nitrogen and oxygen atoms in total. The van der Waals surface area contributed by atoms with Gasteiger partial charge in [-0.3, -0.25) is 4.79 Å². The van der Waals surface area contributed by atoms with Gasteiger partial charge in [0.1, 0.15) is 12.0 Å². The Bertz CT molecular complexity index is 478. The molecule has 96 valence electrons. The number of benzene rings is 1. The molecule has 0 fully saturated rings. The van der Waals surface area contributed by atoms with Gasteiger partial charge in [-0.05, 0) is 17.5 Å². The minimum atomic E-state index is -0.538. The third-order valence-electron chi connectivity index (χ3n) is 3.20. The van der Waals surface area contributed by atoms with E-state index in [9.17, 15) is 9.59 Å². The summed E-state index contributed by atoms with van der Waals surface area (Å²) in [4.78, 5) is 23.8. The first-order chi connectivity index (χ1) is 8.56. The Morgan fingerprint density at radius 3 is 2.61 bits per heavy atom. The van der Waals surface area contributed by atoms with Crippen molar-refractivity contribution in [1.82, 2.24) is 0 Å². The number of hydrogen-bond acceptors (Lipinski definition) is 4. The van der Waals surface area contributed by atoms with Gasteiger partial charge in [-0.2, -0.15) is 0 Å². The number of ether oxygens (including phenoxy) is 2. The molecule has 1 aliphatic rings. The van der Waals surface area contributed by atoms with Crippen molar-refractivity contribution in [2.45, 2.75) is 25.9 Å². The minimum absolute atomic E-state index is 0.0476. The Morgan fingerprint density at radius 1 is 1.33 bits per heavy atom. The molecule has 18 heavy (non-hydrogen) atoms. The molecule has 0 saturated heterocycles. The van der Waals surface area contributed by atoms with Crippen LogP contribution in [0, 0.1) is 5.92 Å². The lowest BCUT2D eigenvalue weighted by atomic mass is 9.82. The van der Waals surface area contributed by atoms with E-state index in [1.807, 2.05) is 19.9 Å². The monoisotopic (exact) mass is 248 g/mol. The van der Waals surface area contributed by atoms with E-state index in [4.69, 9.17) is 9.47 Å². The van der Waals surface area contributed by atoms with Crippen LogP contribution in [0.2, 0.25) is 0 Å². The molecule has 0 unspecified atom stereocenters. The molecule has 0 bridgehead atoms. The van der Waals surface area contributed by atoms with Crippen LogP contribution in [0.25, 0.3) is 0 Å². The standard InChI is InChI=1S/C14H16O4/c1-8(2)12-11(14(16)17-3)9-6-4-5-7-10(9)13(15)18-12/h4-8,11-12H,1-3H3/t11-,12+/m1/s1. The summed E-state index contributed by atoms with van der Waals surface area (Å²) < 4.78 is 10.2. The Hall–Kier alpha value is -1.84. The Morgan fingerprint density at radius 2 is 2.00 bits per heavy atom. The number of esters is 2. The van der Waals surface area contributed by atoms with Gasteiger partial charge < -0.3 is 9.47 Å². The van der Waals surface area contributed by atoms with E-state index in [2.05, 4.69) is 0 Å². The van der Waals surface area contributed by atoms with Gasteiger partial charge >= 0.3 is 11.9 Å². The number of carbonyl (C=O) groups is 2. The highest BCUT2D eigenvalue weighted by molar-refractivity contribution is 5.96. The smallest absolute Gasteiger partial charge is 0.338 e. The fourth-order valence-corrected chi connectivity index (χ4v) is 2.30. The van der Waals surface area contributed by atoms with E-state index in [1.54, 1.807) is 18.2 Å². The van der Waals surface area contributed by atoms with Crippen molar-refractivity contribution in [1.29, 1.82) is 0 Å². The van der Waals surface area contributed by atoms with Crippen molar-refractivity contribution in [2.24, 2.45) is 5.92 Å². The van der Waals surface area contributed by atoms with Crippen LogP contribution in [0.4, 0.5) is 0 Å². The Kier molecular flexibility index (Phi) is 3.36. The average Bonchev–Trinajstić information content (AvgIpc) is 2.37. The predicted molar refractivity (Wildman–Crippen MR) is 65.2 cm³/mol. The van der Waals surface area contributed by atoms with Gasteiger partial charge in [-0.25, -0.2) is 4.79 Å². The van der Waals surface area contributed by atoms with Gasteiger partial charge in [0.15, 0.2) is 0 Å². The normalized spacial score (nSPS) is 22.3. The van der Waals surface area contributed by atoms with Gasteiger partial charge in [-0.15, -0.1) is 0 Å². The fourth-order valence-electron chi connectivity index (χ4n) is 2.30. The molecule has 2 atom stereocenters. The number of hydrogen-bond donors (Lipinski definition) is 0. The van der Waals surface area contributed by atoms with Crippen LogP contribution < -0.4 is 0 Å². The van der Waals surface area contributed by atoms with Crippen LogP contribution in [-0.2, 0) is 14.3 Å². The second-order valence-corrected chi connectivity index (χ2v) is 4.70. The first-order valence-electron chi connectivity index (χ1n) is 5.94. The highest BCUT2D eigenvalue weighted by Gasteiger charge is 2.42. The van der Waals surface area contributed by atoms with Crippen LogP contribution >= 0.6 is 0 Å². The predicted octanol–water partition coefficient (Wildman–Crippen LogP) is 2.14. The molecule has 1 heterocycles. The molecular formula is C14H16O4. The lowest BCUT2D eigenvalue weighted by Gasteiger charge is -2.33. The largest absolute Gasteiger partial charge is 0.468 e. The molecule has 0 N–H and O–H groups in total. The molecule has 0 amide bonds. The molecule has 1 aromatic carbocycles. The first-order valence-corrected chi connectivity index (χ1v) is 5.94. The number of carbonyl (C=O) groups excluding carboxylic acids is 2. The number of cyclic esters (lactones) is 1. The van der Waals surface area contributed by atoms with Crippen LogP contribution in [0.5, 0.6) is 0 Å². The Labute approximate surface area is 106 Å². The number of rotatable bonds is 2. The first kappa shape index (κ1) is 12.6. The molecule has 1 aliphatic heterocycles. The Balaban J connectivity index is 2.52. The molecule has 0 radical (unpaired) electrons. The average molecular weight is 248 g/mol. The summed E-state index contributed by atoms with van der Waals surface area (Å²) in [7, 11) is 1.35. The van der Waals surface area contributed by atoms with E-state index < -0.39 is 12.0 Å². The van der Waals surface area contributed by atoms with Gasteiger partial charge in [-0.1, -0.05) is 32.0 Å². The maximum Gasteiger partial charge on any atom is 0.338 e. The quantitative estimate of drug-likeness (QED) is 0.752. The highest BCUT2D eigenvalue weighted by atomic mass is 16.6. The second-order valence-electron chi connectivity index (χ2n) is 4.70. The zero-order valence-corrected chi connectivity index (χ0v) is 10.7. The van der Waals surface area contributed by atoms with E-state index in [0.717, 1.165) is 0 Å². The molecule has 0 aromatic heterocycles. The van der Waals surface area contributed by atoms with Crippen molar-refractivity contribution in [3.05, 3.63) is 35.4 Å². The summed E-state index contributed by atoms with van der Waals surface area (Å²) in [6.07, 6.45) is -0.472. The van der Waals surface area contributed by atoms with Crippen molar-refractivity contribution in [3.8, 4) is 0 Å². The molecule has 0 saturated carbocycles. The van der Waals surface area contributed by atoms with Crippen molar-refractivity contribution >= 4 is 11.9 Å². The highest BCUT2D eigenvalue weighted by Crippen LogP contribution is 2.35. The SMILES string of the molecule is COC(=O)[C@@H]1c2ccccc2C(=O)O[C@H]1C(C)C. The van der Waals surface area contributed by atoms with Crippen LogP contribution in [0.15, 0.2) is 24.3 Å². The van der Waals surface area contributed by atoms with Gasteiger partial charge in [0.05, 0.1) is 12.7 Å². The summed E-state index contributed by atoms with van der Waals surface area (Å²) in [5.74, 6) is -1.23. The molecule has 4 heteroatoms. The van der Waals surface area contributed by atoms with Crippen molar-refractivity contribution in [2.75, 3.05) is 7.11 Å². The summed E-state index contributed by atoms with van der Waals surface area (Å²) in [6.45, 7) is 3.84. The van der Waals surface area contributed by atoms with E-state index in [0.29, 0.717) is 11.1 Å². The van der Waals surface area contributed by atoms with Crippen LogP contribution in [-0.4, -0.2) is 25.2 Å². The molecular weight excluding hydrogens is 232 g/mol. The molecule has 1 aromatic rings. The third-order valence-corrected chi connectivity index (χ3v) is 3.20. The van der Waals surface area contributed by atoms with Crippen molar-refractivity contribution < 1.29 is 19.1 Å². The van der Waals surface area contributed by atoms with Gasteiger partial charge in [0.25, 0.3) is 0 Å². The van der Waals surface area contributed by atoms with Gasteiger partial charge in [0, 0.05) is 0 Å². The van der Waals surface area contributed by atoms with Crippen molar-refractivity contribution in [3.63, 3.8) is 0 Å². The fraction of sp³-hybridized carbons (Fsp3) is 0.429. The maximum absolute atomic E-state index is 11.9. The molecule has 0 spiro atoms. The van der Waals surface area contributed by atoms with Crippen LogP contribution in [0.3, 0.4) is 0 Å². The summed E-state index contributed by atoms with van der Waals surface area (Å²) >= 11 is 0. The summed E-state index contributed by atoms with van der Waals surface area (Å²) in [6, 6.07) is 7.02. The van der Waals surface area contributed by atoms with E-state index in [-0.39, 0.29) is 17.9 Å². The molecule has 0 aliphatic carbocycles. The lowest BCUT2D eigenvalue weighted by Crippen LogP contribution is -2.40. The summed E-state index contributed by atoms with van der Waals surface area (Å²) in [5.41, 5.74) is 1.14. The van der Waals surface area contributed by atoms with Gasteiger partial charge in [0.2, 0.25) is 0 Å². The lowest BCUT2D eigenvalue weighted by molar-refractivity contribution is -0.146. The third kappa shape index (κ3) is 1.98. The zero-order chi connectivity index (χ0) is 13.3. The van der Waals surface area contributed by atoms with E-state index >= 15 is 0 Å². The van der Waals surface area contributed by atoms with Crippen LogP contribution in [0.1, 0.15) is 35.7 Å². The molecule has 2 rings (SSSR count). The minimum Gasteiger partial charge on any atom is -0.468 e. The number of methoxy groups -OCH3 is 1. The maximum atomic E-state index is 11.9. The summed E-state index contributed by atoms with van der Waals surface area (Å²) in [5, 5.41) is 0. The number of fused-ring (bicyclic) bond motifs is 1. The second kappa shape index (κ2) is 4.80. The van der Waals surface area contributed by atoms with E-state index in [1.165, 1.54) is 7.11 Å².